The second kappa shape index (κ2) is 7.36. The van der Waals surface area contributed by atoms with E-state index in [0.717, 1.165) is 19.2 Å². The van der Waals surface area contributed by atoms with Crippen LogP contribution in [0, 0.1) is 5.82 Å². The third-order valence-corrected chi connectivity index (χ3v) is 5.19. The van der Waals surface area contributed by atoms with Crippen LogP contribution >= 0.6 is 0 Å². The summed E-state index contributed by atoms with van der Waals surface area (Å²) in [5.74, 6) is -1.54. The molecule has 0 spiro atoms. The number of hydrogen-bond donors (Lipinski definition) is 1. The number of likely N-dealkylation sites (N-methyl/N-ethyl adjacent to an activating group) is 1. The molecule has 0 aliphatic carbocycles. The largest absolute Gasteiger partial charge is 0.487 e. The Morgan fingerprint density at radius 1 is 1.30 bits per heavy atom. The van der Waals surface area contributed by atoms with Crippen molar-refractivity contribution in [3.63, 3.8) is 0 Å². The van der Waals surface area contributed by atoms with Gasteiger partial charge in [-0.05, 0) is 20.0 Å². The van der Waals surface area contributed by atoms with Gasteiger partial charge in [-0.25, -0.2) is 9.18 Å². The van der Waals surface area contributed by atoms with Gasteiger partial charge in [0.1, 0.15) is 17.9 Å². The predicted molar refractivity (Wildman–Crippen MR) is 101 cm³/mol. The summed E-state index contributed by atoms with van der Waals surface area (Å²) in [5.41, 5.74) is -0.224. The molecule has 4 rings (SSSR count). The molecule has 0 amide bonds. The summed E-state index contributed by atoms with van der Waals surface area (Å²) >= 11 is 0. The maximum Gasteiger partial charge on any atom is 0.341 e. The number of aromatic nitrogens is 1. The molecule has 3 heterocycles. The van der Waals surface area contributed by atoms with Crippen LogP contribution in [-0.4, -0.2) is 86.6 Å². The van der Waals surface area contributed by atoms with E-state index < -0.39 is 17.2 Å². The summed E-state index contributed by atoms with van der Waals surface area (Å²) in [6.07, 6.45) is 1.34. The Morgan fingerprint density at radius 2 is 1.96 bits per heavy atom. The van der Waals surface area contributed by atoms with Gasteiger partial charge in [-0.1, -0.05) is 0 Å². The minimum absolute atomic E-state index is 0. The van der Waals surface area contributed by atoms with E-state index in [1.807, 2.05) is 18.9 Å². The van der Waals surface area contributed by atoms with Gasteiger partial charge in [0.25, 0.3) is 0 Å². The predicted octanol–water partition coefficient (Wildman–Crippen LogP) is 1.16. The number of nitrogens with zero attached hydrogens (tertiary/aromatic N) is 3. The van der Waals surface area contributed by atoms with Crippen molar-refractivity contribution in [3.8, 4) is 5.75 Å². The van der Waals surface area contributed by atoms with Gasteiger partial charge >= 0.3 is 5.97 Å². The van der Waals surface area contributed by atoms with Crippen molar-refractivity contribution in [1.29, 1.82) is 0 Å². The summed E-state index contributed by atoms with van der Waals surface area (Å²) in [4.78, 5) is 28.1. The quantitative estimate of drug-likeness (QED) is 0.547. The number of piperazine rings is 1. The maximum atomic E-state index is 15.0. The minimum Gasteiger partial charge on any atom is -0.487 e. The Kier molecular flexibility index (Phi) is 5.45. The van der Waals surface area contributed by atoms with Crippen LogP contribution in [0.4, 0.5) is 10.1 Å². The SMILES string of the molecule is CC1COc2c(N3CCN(C)CC3)c(F)cc3c(=O)c(C(=O)O)cn1c23.[Bi]. The molecular formula is C18H20BiFN3O4. The number of aromatic carboxylic acids is 1. The second-order valence-corrected chi connectivity index (χ2v) is 6.97. The van der Waals surface area contributed by atoms with Crippen molar-refractivity contribution in [2.75, 3.05) is 44.7 Å². The number of pyridine rings is 1. The average Bonchev–Trinajstić information content (AvgIpc) is 2.60. The van der Waals surface area contributed by atoms with Crippen LogP contribution in [0.1, 0.15) is 23.3 Å². The molecule has 1 aromatic heterocycles. The van der Waals surface area contributed by atoms with Crippen molar-refractivity contribution >= 4 is 48.8 Å². The maximum absolute atomic E-state index is 15.0. The molecule has 1 fully saturated rings. The molecule has 1 unspecified atom stereocenters. The number of halogens is 1. The molecule has 1 N–H and O–H groups in total. The number of anilines is 1. The van der Waals surface area contributed by atoms with Crippen molar-refractivity contribution in [2.45, 2.75) is 13.0 Å². The summed E-state index contributed by atoms with van der Waals surface area (Å²) in [7, 11) is 2.02. The number of rotatable bonds is 2. The Labute approximate surface area is 174 Å². The first-order valence-corrected chi connectivity index (χ1v) is 8.59. The Hall–Kier alpha value is -1.73. The first-order chi connectivity index (χ1) is 12.4. The molecule has 0 saturated carbocycles. The summed E-state index contributed by atoms with van der Waals surface area (Å²) < 4.78 is 22.6. The van der Waals surface area contributed by atoms with Crippen LogP contribution in [0.2, 0.25) is 0 Å². The zero-order chi connectivity index (χ0) is 18.6. The molecule has 2 aliphatic heterocycles. The van der Waals surface area contributed by atoms with E-state index >= 15 is 0 Å². The Bertz CT molecular complexity index is 969. The van der Waals surface area contributed by atoms with Crippen molar-refractivity contribution < 1.29 is 19.0 Å². The molecular weight excluding hydrogens is 550 g/mol. The van der Waals surface area contributed by atoms with Gasteiger partial charge in [0.05, 0.1) is 16.9 Å². The Balaban J connectivity index is 0.00000210. The third kappa shape index (κ3) is 3.21. The van der Waals surface area contributed by atoms with Gasteiger partial charge in [0.15, 0.2) is 11.6 Å². The van der Waals surface area contributed by atoms with Gasteiger partial charge in [-0.2, -0.15) is 0 Å². The fourth-order valence-corrected chi connectivity index (χ4v) is 3.69. The molecule has 3 radical (unpaired) electrons. The summed E-state index contributed by atoms with van der Waals surface area (Å²) in [6, 6.07) is 0.994. The van der Waals surface area contributed by atoms with E-state index in [1.54, 1.807) is 4.57 Å². The van der Waals surface area contributed by atoms with E-state index in [2.05, 4.69) is 4.90 Å². The van der Waals surface area contributed by atoms with E-state index in [-0.39, 0.29) is 49.8 Å². The molecule has 7 nitrogen and oxygen atoms in total. The smallest absolute Gasteiger partial charge is 0.341 e. The van der Waals surface area contributed by atoms with Crippen LogP contribution in [0.15, 0.2) is 17.1 Å². The number of carboxylic acids is 1. The van der Waals surface area contributed by atoms with Gasteiger partial charge in [0, 0.05) is 58.6 Å². The number of carboxylic acid groups (broad SMARTS) is 1. The zero-order valence-electron chi connectivity index (χ0n) is 15.1. The molecule has 27 heavy (non-hydrogen) atoms. The number of ether oxygens (including phenoxy) is 1. The zero-order valence-corrected chi connectivity index (χ0v) is 18.6. The van der Waals surface area contributed by atoms with E-state index in [9.17, 15) is 19.1 Å². The first kappa shape index (κ1) is 20.0. The van der Waals surface area contributed by atoms with Gasteiger partial charge < -0.3 is 24.2 Å². The van der Waals surface area contributed by atoms with Gasteiger partial charge in [-0.3, -0.25) is 4.79 Å². The van der Waals surface area contributed by atoms with Crippen LogP contribution in [0.5, 0.6) is 5.75 Å². The molecule has 143 valence electrons. The standard InChI is InChI=1S/C18H20FN3O4.Bi/c1-10-9-26-17-14-11(16(23)12(18(24)25)8-22(10)14)7-13(19)15(17)21-5-3-20(2)4-6-21;/h7-8,10H,3-6,9H2,1-2H3,(H,24,25);. The van der Waals surface area contributed by atoms with Gasteiger partial charge in [0.2, 0.25) is 5.43 Å². The molecule has 2 aromatic rings. The summed E-state index contributed by atoms with van der Waals surface area (Å²) in [5, 5.41) is 9.36. The molecule has 1 atom stereocenters. The fourth-order valence-electron chi connectivity index (χ4n) is 3.69. The molecule has 0 bridgehead atoms. The number of benzene rings is 1. The van der Waals surface area contributed by atoms with Crippen molar-refractivity contribution in [2.24, 2.45) is 0 Å². The molecule has 1 aromatic carbocycles. The number of carbonyl (C=O) groups is 1. The van der Waals surface area contributed by atoms with Gasteiger partial charge in [-0.15, -0.1) is 0 Å². The van der Waals surface area contributed by atoms with Crippen LogP contribution < -0.4 is 15.1 Å². The van der Waals surface area contributed by atoms with E-state index in [0.29, 0.717) is 30.0 Å². The average molecular weight is 570 g/mol. The molecule has 2 aliphatic rings. The van der Waals surface area contributed by atoms with Crippen LogP contribution in [0.25, 0.3) is 10.9 Å². The fraction of sp³-hybridized carbons (Fsp3) is 0.444. The van der Waals surface area contributed by atoms with Crippen molar-refractivity contribution in [1.82, 2.24) is 9.47 Å². The van der Waals surface area contributed by atoms with E-state index in [1.165, 1.54) is 6.20 Å². The topological polar surface area (TPSA) is 75.0 Å². The minimum atomic E-state index is -1.32. The third-order valence-electron chi connectivity index (χ3n) is 5.19. The number of hydrogen-bond acceptors (Lipinski definition) is 5. The molecule has 9 heteroatoms. The molecule has 1 saturated heterocycles. The first-order valence-electron chi connectivity index (χ1n) is 8.59. The van der Waals surface area contributed by atoms with E-state index in [4.69, 9.17) is 4.74 Å². The summed E-state index contributed by atoms with van der Waals surface area (Å²) in [6.45, 7) is 5.08. The van der Waals surface area contributed by atoms with Crippen LogP contribution in [-0.2, 0) is 0 Å². The van der Waals surface area contributed by atoms with Crippen molar-refractivity contribution in [3.05, 3.63) is 33.9 Å². The second-order valence-electron chi connectivity index (χ2n) is 6.97. The monoisotopic (exact) mass is 570 g/mol. The Morgan fingerprint density at radius 3 is 2.59 bits per heavy atom. The normalized spacial score (nSPS) is 19.5. The van der Waals surface area contributed by atoms with Crippen LogP contribution in [0.3, 0.4) is 0 Å².